The van der Waals surface area contributed by atoms with E-state index in [-0.39, 0.29) is 0 Å². The van der Waals surface area contributed by atoms with Crippen molar-refractivity contribution in [2.75, 3.05) is 13.7 Å². The number of fused-ring (bicyclic) bond motifs is 1. The molecule has 1 heterocycles. The van der Waals surface area contributed by atoms with E-state index in [2.05, 4.69) is 9.71 Å². The molecule has 1 aromatic heterocycles. The summed E-state index contributed by atoms with van der Waals surface area (Å²) in [6, 6.07) is 15.2. The fourth-order valence-corrected chi connectivity index (χ4v) is 2.77. The molecule has 0 unspecified atom stereocenters. The zero-order valence-electron chi connectivity index (χ0n) is 13.1. The number of hydrogen-bond donors (Lipinski definition) is 1. The van der Waals surface area contributed by atoms with Crippen molar-refractivity contribution in [3.8, 4) is 17.2 Å². The van der Waals surface area contributed by atoms with E-state index in [1.165, 1.54) is 11.9 Å². The molecule has 0 spiro atoms. The fraction of sp³-hybridized carbons (Fsp3) is 0.111. The molecule has 6 heteroatoms. The molecule has 0 saturated heterocycles. The van der Waals surface area contributed by atoms with Crippen LogP contribution >= 0.6 is 11.9 Å². The molecule has 0 fully saturated rings. The summed E-state index contributed by atoms with van der Waals surface area (Å²) in [5, 5.41) is 0.921. The summed E-state index contributed by atoms with van der Waals surface area (Å²) in [4.78, 5) is 15.6. The molecule has 0 saturated carbocycles. The van der Waals surface area contributed by atoms with Crippen molar-refractivity contribution in [1.29, 1.82) is 0 Å². The highest BCUT2D eigenvalue weighted by atomic mass is 32.2. The number of benzene rings is 2. The van der Waals surface area contributed by atoms with Crippen LogP contribution < -0.4 is 14.2 Å². The minimum atomic E-state index is 0.315. The third-order valence-electron chi connectivity index (χ3n) is 3.32. The molecule has 0 bridgehead atoms. The molecule has 0 atom stereocenters. The molecular weight excluding hydrogens is 324 g/mol. The zero-order valence-corrected chi connectivity index (χ0v) is 13.9. The third kappa shape index (κ3) is 3.84. The first-order chi connectivity index (χ1) is 11.8. The van der Waals surface area contributed by atoms with Crippen LogP contribution in [0.5, 0.6) is 17.2 Å². The topological polar surface area (TPSA) is 60.5 Å². The normalized spacial score (nSPS) is 10.5. The van der Waals surface area contributed by atoms with E-state index in [4.69, 9.17) is 9.47 Å². The Morgan fingerprint density at radius 1 is 1.12 bits per heavy atom. The summed E-state index contributed by atoms with van der Waals surface area (Å²) in [6.07, 6.45) is 2.54. The number of ether oxygens (including phenoxy) is 2. The number of aromatic nitrogens is 1. The molecule has 1 N–H and O–H groups in total. The highest BCUT2D eigenvalue weighted by Crippen LogP contribution is 2.31. The Kier molecular flexibility index (Phi) is 5.30. The van der Waals surface area contributed by atoms with Crippen LogP contribution in [0, 0.1) is 0 Å². The Morgan fingerprint density at radius 3 is 2.67 bits per heavy atom. The number of pyridine rings is 1. The van der Waals surface area contributed by atoms with Crippen LogP contribution in [0.25, 0.3) is 10.9 Å². The summed E-state index contributed by atoms with van der Waals surface area (Å²) in [5.74, 6) is 2.23. The number of nitrogens with one attached hydrogen (secondary N) is 1. The Labute approximate surface area is 144 Å². The van der Waals surface area contributed by atoms with Crippen LogP contribution in [-0.2, 0) is 4.79 Å². The van der Waals surface area contributed by atoms with Crippen LogP contribution in [0.2, 0.25) is 0 Å². The van der Waals surface area contributed by atoms with Gasteiger partial charge in [-0.1, -0.05) is 0 Å². The van der Waals surface area contributed by atoms with Gasteiger partial charge in [0.1, 0.15) is 23.5 Å². The molecule has 24 heavy (non-hydrogen) atoms. The van der Waals surface area contributed by atoms with Gasteiger partial charge >= 0.3 is 0 Å². The van der Waals surface area contributed by atoms with Gasteiger partial charge in [0, 0.05) is 22.5 Å². The van der Waals surface area contributed by atoms with Gasteiger partial charge in [-0.3, -0.25) is 9.71 Å². The molecule has 3 aromatic rings. The lowest BCUT2D eigenvalue weighted by Crippen LogP contribution is -2.05. The van der Waals surface area contributed by atoms with Gasteiger partial charge in [-0.15, -0.1) is 0 Å². The van der Waals surface area contributed by atoms with Gasteiger partial charge in [0.2, 0.25) is 0 Å². The third-order valence-corrected chi connectivity index (χ3v) is 4.14. The second kappa shape index (κ2) is 7.81. The number of aldehydes is 1. The minimum absolute atomic E-state index is 0.315. The van der Waals surface area contributed by atoms with Crippen LogP contribution in [-0.4, -0.2) is 24.9 Å². The lowest BCUT2D eigenvalue weighted by atomic mass is 10.2. The van der Waals surface area contributed by atoms with Crippen molar-refractivity contribution >= 4 is 29.1 Å². The van der Waals surface area contributed by atoms with E-state index in [0.717, 1.165) is 39.3 Å². The second-order valence-corrected chi connectivity index (χ2v) is 5.85. The smallest absolute Gasteiger partial charge is 0.138 e. The van der Waals surface area contributed by atoms with Gasteiger partial charge in [0.25, 0.3) is 0 Å². The monoisotopic (exact) mass is 340 g/mol. The van der Waals surface area contributed by atoms with Gasteiger partial charge in [-0.05, 0) is 54.4 Å². The van der Waals surface area contributed by atoms with Crippen LogP contribution in [0.3, 0.4) is 0 Å². The standard InChI is InChI=1S/C18H16N2O3S/c1-22-14-4-7-16-17(12-14)19-9-8-18(16)23-13-2-5-15(6-3-13)24-20-10-11-21/h2-9,11-12,20H,10H2,1H3. The summed E-state index contributed by atoms with van der Waals surface area (Å²) in [6.45, 7) is 0.315. The molecule has 122 valence electrons. The van der Waals surface area contributed by atoms with E-state index in [1.54, 1.807) is 13.3 Å². The van der Waals surface area contributed by atoms with Crippen molar-refractivity contribution < 1.29 is 14.3 Å². The Hall–Kier alpha value is -2.57. The second-order valence-electron chi connectivity index (χ2n) is 4.88. The fourth-order valence-electron chi connectivity index (χ4n) is 2.18. The van der Waals surface area contributed by atoms with Gasteiger partial charge in [0.15, 0.2) is 0 Å². The molecular formula is C18H16N2O3S. The first kappa shape index (κ1) is 16.3. The zero-order chi connectivity index (χ0) is 16.8. The van der Waals surface area contributed by atoms with Crippen molar-refractivity contribution in [3.05, 3.63) is 54.7 Å². The number of carbonyl (C=O) groups excluding carboxylic acids is 1. The molecule has 0 aliphatic heterocycles. The van der Waals surface area contributed by atoms with Crippen molar-refractivity contribution in [1.82, 2.24) is 9.71 Å². The first-order valence-electron chi connectivity index (χ1n) is 7.34. The van der Waals surface area contributed by atoms with E-state index < -0.39 is 0 Å². The maximum Gasteiger partial charge on any atom is 0.138 e. The van der Waals surface area contributed by atoms with Crippen molar-refractivity contribution in [2.24, 2.45) is 0 Å². The molecule has 0 aliphatic rings. The van der Waals surface area contributed by atoms with E-state index >= 15 is 0 Å². The van der Waals surface area contributed by atoms with E-state index in [9.17, 15) is 4.79 Å². The van der Waals surface area contributed by atoms with Gasteiger partial charge < -0.3 is 14.3 Å². The van der Waals surface area contributed by atoms with E-state index in [0.29, 0.717) is 6.54 Å². The highest BCUT2D eigenvalue weighted by Gasteiger charge is 2.06. The quantitative estimate of drug-likeness (QED) is 0.401. The summed E-state index contributed by atoms with van der Waals surface area (Å²) in [7, 11) is 1.63. The molecule has 3 rings (SSSR count). The minimum Gasteiger partial charge on any atom is -0.497 e. The molecule has 0 amide bonds. The number of nitrogens with zero attached hydrogens (tertiary/aromatic N) is 1. The maximum absolute atomic E-state index is 10.3. The predicted molar refractivity (Wildman–Crippen MR) is 94.7 cm³/mol. The van der Waals surface area contributed by atoms with Gasteiger partial charge in [0.05, 0.1) is 19.2 Å². The summed E-state index contributed by atoms with van der Waals surface area (Å²) >= 11 is 1.41. The molecule has 0 radical (unpaired) electrons. The Balaban J connectivity index is 1.78. The van der Waals surface area contributed by atoms with Crippen LogP contribution in [0.4, 0.5) is 0 Å². The summed E-state index contributed by atoms with van der Waals surface area (Å²) < 4.78 is 14.1. The largest absolute Gasteiger partial charge is 0.497 e. The summed E-state index contributed by atoms with van der Waals surface area (Å²) in [5.41, 5.74) is 0.817. The maximum atomic E-state index is 10.3. The molecule has 0 aliphatic carbocycles. The van der Waals surface area contributed by atoms with Crippen molar-refractivity contribution in [2.45, 2.75) is 4.90 Å². The van der Waals surface area contributed by atoms with Crippen LogP contribution in [0.1, 0.15) is 0 Å². The number of rotatable bonds is 7. The molecule has 2 aromatic carbocycles. The lowest BCUT2D eigenvalue weighted by Gasteiger charge is -2.10. The van der Waals surface area contributed by atoms with Crippen molar-refractivity contribution in [3.63, 3.8) is 0 Å². The SMILES string of the molecule is COc1ccc2c(Oc3ccc(SNCC=O)cc3)ccnc2c1. The highest BCUT2D eigenvalue weighted by molar-refractivity contribution is 7.97. The average molecular weight is 340 g/mol. The number of hydrogen-bond acceptors (Lipinski definition) is 6. The van der Waals surface area contributed by atoms with Gasteiger partial charge in [-0.25, -0.2) is 0 Å². The first-order valence-corrected chi connectivity index (χ1v) is 8.16. The molecule has 5 nitrogen and oxygen atoms in total. The lowest BCUT2D eigenvalue weighted by molar-refractivity contribution is -0.106. The van der Waals surface area contributed by atoms with E-state index in [1.807, 2.05) is 48.5 Å². The van der Waals surface area contributed by atoms with Crippen LogP contribution in [0.15, 0.2) is 59.6 Å². The predicted octanol–water partition coefficient (Wildman–Crippen LogP) is 3.83. The average Bonchev–Trinajstić information content (AvgIpc) is 2.63. The number of carbonyl (C=O) groups is 1. The Bertz CT molecular complexity index is 837. The number of methoxy groups -OCH3 is 1. The Morgan fingerprint density at radius 2 is 1.92 bits per heavy atom. The van der Waals surface area contributed by atoms with Gasteiger partial charge in [-0.2, -0.15) is 0 Å².